The maximum atomic E-state index is 12.5. The van der Waals surface area contributed by atoms with Crippen molar-refractivity contribution >= 4 is 35.6 Å². The van der Waals surface area contributed by atoms with Crippen LogP contribution in [0.2, 0.25) is 5.02 Å². The molecule has 2 aromatic rings. The van der Waals surface area contributed by atoms with Gasteiger partial charge in [-0.2, -0.15) is 0 Å². The topological polar surface area (TPSA) is 84.9 Å². The first kappa shape index (κ1) is 23.3. The van der Waals surface area contributed by atoms with Crippen LogP contribution in [-0.2, 0) is 9.53 Å². The van der Waals surface area contributed by atoms with Gasteiger partial charge >= 0.3 is 6.16 Å². The van der Waals surface area contributed by atoms with E-state index in [-0.39, 0.29) is 24.5 Å². The molecule has 0 spiro atoms. The Morgan fingerprint density at radius 1 is 1.09 bits per heavy atom. The van der Waals surface area contributed by atoms with Gasteiger partial charge in [-0.1, -0.05) is 29.8 Å². The zero-order chi connectivity index (χ0) is 22.9. The van der Waals surface area contributed by atoms with Crippen molar-refractivity contribution in [1.82, 2.24) is 10.2 Å². The average Bonchev–Trinajstić information content (AvgIpc) is 2.79. The van der Waals surface area contributed by atoms with E-state index in [1.165, 1.54) is 6.08 Å². The molecule has 0 aliphatic carbocycles. The second-order valence-corrected chi connectivity index (χ2v) is 7.64. The number of rotatable bonds is 6. The van der Waals surface area contributed by atoms with Crippen molar-refractivity contribution in [1.29, 1.82) is 0 Å². The zero-order valence-electron chi connectivity index (χ0n) is 17.8. The van der Waals surface area contributed by atoms with Gasteiger partial charge in [-0.15, -0.1) is 0 Å². The maximum absolute atomic E-state index is 12.5. The third kappa shape index (κ3) is 6.59. The smallest absolute Gasteiger partial charge is 0.434 e. The van der Waals surface area contributed by atoms with Crippen LogP contribution in [-0.4, -0.2) is 48.6 Å². The fraction of sp³-hybridized carbons (Fsp3) is 0.292. The molecular weight excluding hydrogens is 432 g/mol. The molecule has 3 rings (SSSR count). The molecule has 1 fully saturated rings. The number of amides is 2. The number of ether oxygens (including phenoxy) is 2. The van der Waals surface area contributed by atoms with Gasteiger partial charge in [-0.25, -0.2) is 4.79 Å². The van der Waals surface area contributed by atoms with Crippen LogP contribution in [0.3, 0.4) is 0 Å². The van der Waals surface area contributed by atoms with Crippen LogP contribution in [0.4, 0.5) is 4.79 Å². The Hall–Kier alpha value is -3.32. The molecule has 168 valence electrons. The molecule has 1 saturated heterocycles. The highest BCUT2D eigenvalue weighted by atomic mass is 35.5. The third-order valence-electron chi connectivity index (χ3n) is 5.03. The predicted molar refractivity (Wildman–Crippen MR) is 122 cm³/mol. The maximum Gasteiger partial charge on any atom is 0.513 e. The number of hydrogen-bond donors (Lipinski definition) is 1. The van der Waals surface area contributed by atoms with Crippen molar-refractivity contribution in [2.45, 2.75) is 25.8 Å². The highest BCUT2D eigenvalue weighted by Gasteiger charge is 2.23. The van der Waals surface area contributed by atoms with E-state index in [1.807, 2.05) is 18.2 Å². The van der Waals surface area contributed by atoms with Crippen LogP contribution in [0.25, 0.3) is 6.08 Å². The molecular formula is C24H25ClN2O5. The number of halogens is 1. The quantitative estimate of drug-likeness (QED) is 0.397. The summed E-state index contributed by atoms with van der Waals surface area (Å²) >= 11 is 6.11. The van der Waals surface area contributed by atoms with Gasteiger partial charge in [-0.05, 0) is 61.7 Å². The molecule has 0 radical (unpaired) electrons. The van der Waals surface area contributed by atoms with Crippen LogP contribution in [0.15, 0.2) is 54.6 Å². The second-order valence-electron chi connectivity index (χ2n) is 7.24. The van der Waals surface area contributed by atoms with Crippen molar-refractivity contribution < 1.29 is 23.9 Å². The van der Waals surface area contributed by atoms with Crippen molar-refractivity contribution in [3.05, 3.63) is 70.8 Å². The van der Waals surface area contributed by atoms with E-state index in [0.717, 1.165) is 5.56 Å². The Morgan fingerprint density at radius 3 is 2.44 bits per heavy atom. The van der Waals surface area contributed by atoms with Crippen molar-refractivity contribution in [3.8, 4) is 5.75 Å². The van der Waals surface area contributed by atoms with Gasteiger partial charge in [0.2, 0.25) is 5.91 Å². The molecule has 0 atom stereocenters. The van der Waals surface area contributed by atoms with E-state index in [0.29, 0.717) is 42.3 Å². The van der Waals surface area contributed by atoms with Crippen LogP contribution in [0.5, 0.6) is 5.75 Å². The van der Waals surface area contributed by atoms with Crippen LogP contribution in [0, 0.1) is 0 Å². The van der Waals surface area contributed by atoms with Gasteiger partial charge in [0.05, 0.1) is 6.61 Å². The molecule has 32 heavy (non-hydrogen) atoms. The molecule has 0 saturated carbocycles. The lowest BCUT2D eigenvalue weighted by molar-refractivity contribution is -0.127. The minimum absolute atomic E-state index is 0.0189. The Labute approximate surface area is 191 Å². The lowest BCUT2D eigenvalue weighted by Gasteiger charge is -2.31. The molecule has 1 heterocycles. The Bertz CT molecular complexity index is 982. The van der Waals surface area contributed by atoms with E-state index in [2.05, 4.69) is 5.32 Å². The SMILES string of the molecule is CCOC(=O)Oc1ccc(C(=O)NC2CCN(C(=O)/C=C/c3ccccc3Cl)CC2)cc1. The summed E-state index contributed by atoms with van der Waals surface area (Å²) < 4.78 is 9.70. The van der Waals surface area contributed by atoms with Crippen molar-refractivity contribution in [2.24, 2.45) is 0 Å². The van der Waals surface area contributed by atoms with Crippen molar-refractivity contribution in [2.75, 3.05) is 19.7 Å². The summed E-state index contributed by atoms with van der Waals surface area (Å²) in [6, 6.07) is 13.6. The fourth-order valence-corrected chi connectivity index (χ4v) is 3.51. The Balaban J connectivity index is 1.46. The van der Waals surface area contributed by atoms with Gasteiger partial charge in [0.25, 0.3) is 5.91 Å². The highest BCUT2D eigenvalue weighted by molar-refractivity contribution is 6.32. The number of nitrogens with zero attached hydrogens (tertiary/aromatic N) is 1. The summed E-state index contributed by atoms with van der Waals surface area (Å²) in [5, 5.41) is 3.59. The summed E-state index contributed by atoms with van der Waals surface area (Å²) in [7, 11) is 0. The third-order valence-corrected chi connectivity index (χ3v) is 5.38. The van der Waals surface area contributed by atoms with Gasteiger partial charge in [0.15, 0.2) is 0 Å². The first-order valence-corrected chi connectivity index (χ1v) is 10.8. The summed E-state index contributed by atoms with van der Waals surface area (Å²) in [5.41, 5.74) is 1.26. The second kappa shape index (κ2) is 11.3. The van der Waals surface area contributed by atoms with E-state index >= 15 is 0 Å². The first-order valence-electron chi connectivity index (χ1n) is 10.4. The molecule has 7 nitrogen and oxygen atoms in total. The molecule has 1 N–H and O–H groups in total. The van der Waals surface area contributed by atoms with E-state index in [1.54, 1.807) is 48.2 Å². The highest BCUT2D eigenvalue weighted by Crippen LogP contribution is 2.18. The number of hydrogen-bond acceptors (Lipinski definition) is 5. The lowest BCUT2D eigenvalue weighted by Crippen LogP contribution is -2.46. The van der Waals surface area contributed by atoms with Gasteiger partial charge in [0, 0.05) is 35.8 Å². The molecule has 0 aromatic heterocycles. The van der Waals surface area contributed by atoms with E-state index < -0.39 is 6.16 Å². The molecule has 8 heteroatoms. The van der Waals surface area contributed by atoms with Crippen LogP contribution in [0.1, 0.15) is 35.7 Å². The van der Waals surface area contributed by atoms with Gasteiger partial charge in [-0.3, -0.25) is 9.59 Å². The molecule has 2 amide bonds. The molecule has 1 aliphatic rings. The summed E-state index contributed by atoms with van der Waals surface area (Å²) in [4.78, 5) is 38.1. The van der Waals surface area contributed by atoms with E-state index in [4.69, 9.17) is 21.1 Å². The normalized spacial score (nSPS) is 14.2. The Kier molecular flexibility index (Phi) is 8.27. The largest absolute Gasteiger partial charge is 0.513 e. The summed E-state index contributed by atoms with van der Waals surface area (Å²) in [5.74, 6) is 0.0135. The fourth-order valence-electron chi connectivity index (χ4n) is 3.31. The standard InChI is InChI=1S/C24H25ClN2O5/c1-2-31-24(30)32-20-10-7-18(8-11-20)23(29)26-19-13-15-27(16-14-19)22(28)12-9-17-5-3-4-6-21(17)25/h3-12,19H,2,13-16H2,1H3,(H,26,29)/b12-9+. The predicted octanol–water partition coefficient (Wildman–Crippen LogP) is 4.31. The lowest BCUT2D eigenvalue weighted by atomic mass is 10.0. The van der Waals surface area contributed by atoms with Crippen LogP contribution < -0.4 is 10.1 Å². The zero-order valence-corrected chi connectivity index (χ0v) is 18.5. The minimum atomic E-state index is -0.785. The number of nitrogens with one attached hydrogen (secondary N) is 1. The number of likely N-dealkylation sites (tertiary alicyclic amines) is 1. The van der Waals surface area contributed by atoms with Crippen LogP contribution >= 0.6 is 11.6 Å². The van der Waals surface area contributed by atoms with E-state index in [9.17, 15) is 14.4 Å². The summed E-state index contributed by atoms with van der Waals surface area (Å²) in [6.45, 7) is 3.03. The molecule has 0 unspecified atom stereocenters. The van der Waals surface area contributed by atoms with Gasteiger partial charge < -0.3 is 19.7 Å². The summed E-state index contributed by atoms with van der Waals surface area (Å²) in [6.07, 6.45) is 3.80. The number of benzene rings is 2. The molecule has 2 aromatic carbocycles. The number of piperidine rings is 1. The molecule has 0 bridgehead atoms. The monoisotopic (exact) mass is 456 g/mol. The van der Waals surface area contributed by atoms with Crippen molar-refractivity contribution in [3.63, 3.8) is 0 Å². The Morgan fingerprint density at radius 2 is 1.78 bits per heavy atom. The first-order chi connectivity index (χ1) is 15.5. The number of carbonyl (C=O) groups is 3. The number of carbonyl (C=O) groups excluding carboxylic acids is 3. The molecule has 1 aliphatic heterocycles. The van der Waals surface area contributed by atoms with Gasteiger partial charge in [0.1, 0.15) is 5.75 Å². The minimum Gasteiger partial charge on any atom is -0.434 e. The average molecular weight is 457 g/mol.